The molecular weight excluding hydrogens is 258 g/mol. The molecule has 1 aliphatic heterocycles. The van der Waals surface area contributed by atoms with Crippen LogP contribution < -0.4 is 5.32 Å². The first-order valence-electron chi connectivity index (χ1n) is 7.23. The number of amides is 1. The number of aryl methyl sites for hydroxylation is 1. The molecule has 2 N–H and O–H groups in total. The SMILES string of the molecule is Cn1cc(C(=O)N[C@@H]2CCC[C@@H]2N2CCC(O)C2)nn1. The Morgan fingerprint density at radius 3 is 2.95 bits per heavy atom. The summed E-state index contributed by atoms with van der Waals surface area (Å²) < 4.78 is 1.53. The lowest BCUT2D eigenvalue weighted by Gasteiger charge is -2.29. The second-order valence-corrected chi connectivity index (χ2v) is 5.79. The van der Waals surface area contributed by atoms with E-state index >= 15 is 0 Å². The molecule has 1 aromatic heterocycles. The lowest BCUT2D eigenvalue weighted by Crippen LogP contribution is -2.48. The third-order valence-electron chi connectivity index (χ3n) is 4.30. The van der Waals surface area contributed by atoms with Crippen LogP contribution in [-0.2, 0) is 7.05 Å². The summed E-state index contributed by atoms with van der Waals surface area (Å²) >= 11 is 0. The smallest absolute Gasteiger partial charge is 0.273 e. The molecule has 3 rings (SSSR count). The molecule has 110 valence electrons. The van der Waals surface area contributed by atoms with E-state index in [0.29, 0.717) is 11.7 Å². The Bertz CT molecular complexity index is 489. The number of nitrogens with one attached hydrogen (secondary N) is 1. The second kappa shape index (κ2) is 5.49. The van der Waals surface area contributed by atoms with E-state index in [1.165, 1.54) is 4.68 Å². The Kier molecular flexibility index (Phi) is 3.71. The molecule has 0 spiro atoms. The summed E-state index contributed by atoms with van der Waals surface area (Å²) in [4.78, 5) is 14.4. The van der Waals surface area contributed by atoms with Gasteiger partial charge in [0.1, 0.15) is 0 Å². The first-order chi connectivity index (χ1) is 9.63. The van der Waals surface area contributed by atoms with Gasteiger partial charge < -0.3 is 10.4 Å². The Hall–Kier alpha value is -1.47. The van der Waals surface area contributed by atoms with Gasteiger partial charge in [-0.3, -0.25) is 14.4 Å². The van der Waals surface area contributed by atoms with Gasteiger partial charge >= 0.3 is 0 Å². The molecule has 3 atom stereocenters. The number of aliphatic hydroxyl groups excluding tert-OH is 1. The summed E-state index contributed by atoms with van der Waals surface area (Å²) in [6.45, 7) is 1.64. The highest BCUT2D eigenvalue weighted by molar-refractivity contribution is 5.92. The number of aliphatic hydroxyl groups is 1. The Labute approximate surface area is 117 Å². The zero-order chi connectivity index (χ0) is 14.1. The van der Waals surface area contributed by atoms with Crippen LogP contribution in [0.3, 0.4) is 0 Å². The first-order valence-corrected chi connectivity index (χ1v) is 7.23. The molecule has 1 saturated heterocycles. The van der Waals surface area contributed by atoms with Gasteiger partial charge in [-0.05, 0) is 25.7 Å². The molecule has 2 heterocycles. The van der Waals surface area contributed by atoms with E-state index in [9.17, 15) is 9.90 Å². The number of carbonyl (C=O) groups excluding carboxylic acids is 1. The van der Waals surface area contributed by atoms with Crippen LogP contribution in [0.25, 0.3) is 0 Å². The standard InChI is InChI=1S/C13H21N5O2/c1-17-8-11(15-16-17)13(20)14-10-3-2-4-12(10)18-6-5-9(19)7-18/h8-10,12,19H,2-7H2,1H3,(H,14,20)/t9?,10-,12+/m1/s1. The van der Waals surface area contributed by atoms with E-state index in [0.717, 1.165) is 38.8 Å². The third-order valence-corrected chi connectivity index (χ3v) is 4.30. The number of nitrogens with zero attached hydrogens (tertiary/aromatic N) is 4. The van der Waals surface area contributed by atoms with Crippen LogP contribution >= 0.6 is 0 Å². The quantitative estimate of drug-likeness (QED) is 0.782. The largest absolute Gasteiger partial charge is 0.392 e. The molecular formula is C13H21N5O2. The molecule has 0 radical (unpaired) electrons. The second-order valence-electron chi connectivity index (χ2n) is 5.79. The Morgan fingerprint density at radius 1 is 1.45 bits per heavy atom. The van der Waals surface area contributed by atoms with Crippen molar-refractivity contribution in [1.29, 1.82) is 0 Å². The fourth-order valence-corrected chi connectivity index (χ4v) is 3.31. The summed E-state index contributed by atoms with van der Waals surface area (Å²) in [5.74, 6) is -0.158. The molecule has 20 heavy (non-hydrogen) atoms. The molecule has 1 aromatic rings. The van der Waals surface area contributed by atoms with Crippen LogP contribution in [0, 0.1) is 0 Å². The maximum Gasteiger partial charge on any atom is 0.273 e. The topological polar surface area (TPSA) is 83.3 Å². The maximum atomic E-state index is 12.1. The van der Waals surface area contributed by atoms with Crippen LogP contribution in [0.5, 0.6) is 0 Å². The summed E-state index contributed by atoms with van der Waals surface area (Å²) in [5, 5.41) is 20.4. The van der Waals surface area contributed by atoms with Crippen molar-refractivity contribution < 1.29 is 9.90 Å². The van der Waals surface area contributed by atoms with Crippen molar-refractivity contribution in [3.8, 4) is 0 Å². The first kappa shape index (κ1) is 13.5. The molecule has 1 saturated carbocycles. The highest BCUT2D eigenvalue weighted by Crippen LogP contribution is 2.27. The van der Waals surface area contributed by atoms with Crippen molar-refractivity contribution in [2.45, 2.75) is 43.9 Å². The van der Waals surface area contributed by atoms with E-state index in [1.807, 2.05) is 0 Å². The van der Waals surface area contributed by atoms with E-state index in [-0.39, 0.29) is 18.1 Å². The van der Waals surface area contributed by atoms with Crippen LogP contribution in [0.2, 0.25) is 0 Å². The normalized spacial score (nSPS) is 30.8. The molecule has 2 fully saturated rings. The molecule has 0 bridgehead atoms. The van der Waals surface area contributed by atoms with Gasteiger partial charge in [0.05, 0.1) is 12.3 Å². The minimum absolute atomic E-state index is 0.148. The van der Waals surface area contributed by atoms with Crippen molar-refractivity contribution in [3.63, 3.8) is 0 Å². The fraction of sp³-hybridized carbons (Fsp3) is 0.769. The van der Waals surface area contributed by atoms with E-state index in [1.54, 1.807) is 13.2 Å². The molecule has 7 nitrogen and oxygen atoms in total. The Morgan fingerprint density at radius 2 is 2.30 bits per heavy atom. The van der Waals surface area contributed by atoms with Crippen molar-refractivity contribution in [1.82, 2.24) is 25.2 Å². The summed E-state index contributed by atoms with van der Waals surface area (Å²) in [7, 11) is 1.74. The molecule has 0 aromatic carbocycles. The van der Waals surface area contributed by atoms with Gasteiger partial charge in [-0.1, -0.05) is 5.21 Å². The van der Waals surface area contributed by atoms with Crippen molar-refractivity contribution in [2.75, 3.05) is 13.1 Å². The minimum Gasteiger partial charge on any atom is -0.392 e. The van der Waals surface area contributed by atoms with Crippen LogP contribution in [0.15, 0.2) is 6.20 Å². The molecule has 1 amide bonds. The highest BCUT2D eigenvalue weighted by atomic mass is 16.3. The average molecular weight is 279 g/mol. The number of hydrogen-bond donors (Lipinski definition) is 2. The number of likely N-dealkylation sites (tertiary alicyclic amines) is 1. The zero-order valence-electron chi connectivity index (χ0n) is 11.7. The molecule has 7 heteroatoms. The number of carbonyl (C=O) groups is 1. The van der Waals surface area contributed by atoms with Gasteiger partial charge in [0.25, 0.3) is 5.91 Å². The lowest BCUT2D eigenvalue weighted by molar-refractivity contribution is 0.0900. The van der Waals surface area contributed by atoms with Crippen molar-refractivity contribution >= 4 is 5.91 Å². The highest BCUT2D eigenvalue weighted by Gasteiger charge is 2.36. The van der Waals surface area contributed by atoms with Crippen LogP contribution in [-0.4, -0.2) is 62.2 Å². The monoisotopic (exact) mass is 279 g/mol. The van der Waals surface area contributed by atoms with E-state index < -0.39 is 0 Å². The van der Waals surface area contributed by atoms with Crippen molar-refractivity contribution in [2.24, 2.45) is 7.05 Å². The van der Waals surface area contributed by atoms with Gasteiger partial charge in [0.15, 0.2) is 5.69 Å². The molecule has 1 unspecified atom stereocenters. The fourth-order valence-electron chi connectivity index (χ4n) is 3.31. The van der Waals surface area contributed by atoms with Gasteiger partial charge in [-0.2, -0.15) is 0 Å². The third kappa shape index (κ3) is 2.69. The minimum atomic E-state index is -0.216. The van der Waals surface area contributed by atoms with Gasteiger partial charge in [0, 0.05) is 32.2 Å². The lowest BCUT2D eigenvalue weighted by atomic mass is 10.1. The van der Waals surface area contributed by atoms with Gasteiger partial charge in [-0.25, -0.2) is 0 Å². The number of rotatable bonds is 3. The average Bonchev–Trinajstić information content (AvgIpc) is 3.10. The van der Waals surface area contributed by atoms with Crippen LogP contribution in [0.4, 0.5) is 0 Å². The van der Waals surface area contributed by atoms with E-state index in [2.05, 4.69) is 20.5 Å². The summed E-state index contributed by atoms with van der Waals surface area (Å²) in [6.07, 6.45) is 5.43. The molecule has 2 aliphatic rings. The summed E-state index contributed by atoms with van der Waals surface area (Å²) in [6, 6.07) is 0.488. The Balaban J connectivity index is 1.62. The van der Waals surface area contributed by atoms with Crippen molar-refractivity contribution in [3.05, 3.63) is 11.9 Å². The number of aromatic nitrogens is 3. The van der Waals surface area contributed by atoms with Crippen LogP contribution in [0.1, 0.15) is 36.2 Å². The predicted molar refractivity (Wildman–Crippen MR) is 72.1 cm³/mol. The van der Waals surface area contributed by atoms with Gasteiger partial charge in [-0.15, -0.1) is 5.10 Å². The van der Waals surface area contributed by atoms with E-state index in [4.69, 9.17) is 0 Å². The zero-order valence-corrected chi connectivity index (χ0v) is 11.7. The summed E-state index contributed by atoms with van der Waals surface area (Å²) in [5.41, 5.74) is 0.361. The maximum absolute atomic E-state index is 12.1. The number of hydrogen-bond acceptors (Lipinski definition) is 5. The number of β-amino-alcohol motifs (C(OH)–C–C–N with tert-alkyl or cyclic N) is 1. The molecule has 1 aliphatic carbocycles. The van der Waals surface area contributed by atoms with Gasteiger partial charge in [0.2, 0.25) is 0 Å². The predicted octanol–water partition coefficient (Wildman–Crippen LogP) is -0.467.